The molecule has 1 aliphatic heterocycles. The molecule has 0 radical (unpaired) electrons. The van der Waals surface area contributed by atoms with Gasteiger partial charge in [0.1, 0.15) is 5.78 Å². The van der Waals surface area contributed by atoms with Crippen molar-refractivity contribution < 1.29 is 4.79 Å². The molecular formula is C11H21NO. The van der Waals surface area contributed by atoms with Crippen LogP contribution in [0.2, 0.25) is 0 Å². The molecule has 0 aromatic heterocycles. The number of rotatable bonds is 2. The zero-order chi connectivity index (χ0) is 10.1. The van der Waals surface area contributed by atoms with Crippen LogP contribution < -0.4 is 5.32 Å². The summed E-state index contributed by atoms with van der Waals surface area (Å²) in [6, 6.07) is 0. The average Bonchev–Trinajstić information content (AvgIpc) is 2.02. The SMILES string of the molecule is CCC1(C)CC(=O)CC(C)(CC)N1. The molecule has 0 bridgehead atoms. The van der Waals surface area contributed by atoms with E-state index >= 15 is 0 Å². The molecule has 0 amide bonds. The van der Waals surface area contributed by atoms with E-state index in [4.69, 9.17) is 0 Å². The highest BCUT2D eigenvalue weighted by atomic mass is 16.1. The first kappa shape index (κ1) is 10.7. The van der Waals surface area contributed by atoms with E-state index < -0.39 is 0 Å². The summed E-state index contributed by atoms with van der Waals surface area (Å²) >= 11 is 0. The Kier molecular flexibility index (Phi) is 2.81. The number of carbonyl (C=O) groups excluding carboxylic acids is 1. The number of ketones is 1. The Balaban J connectivity index is 2.79. The molecule has 1 heterocycles. The van der Waals surface area contributed by atoms with Gasteiger partial charge in [-0.2, -0.15) is 0 Å². The lowest BCUT2D eigenvalue weighted by atomic mass is 9.77. The van der Waals surface area contributed by atoms with E-state index in [1.807, 2.05) is 0 Å². The van der Waals surface area contributed by atoms with Gasteiger partial charge >= 0.3 is 0 Å². The predicted octanol–water partition coefficient (Wildman–Crippen LogP) is 2.28. The first-order chi connectivity index (χ1) is 5.93. The maximum atomic E-state index is 11.6. The van der Waals surface area contributed by atoms with Gasteiger partial charge in [-0.05, 0) is 26.7 Å². The third-order valence-electron chi connectivity index (χ3n) is 3.34. The van der Waals surface area contributed by atoms with Crippen molar-refractivity contribution in [2.45, 2.75) is 64.5 Å². The molecule has 1 fully saturated rings. The van der Waals surface area contributed by atoms with Gasteiger partial charge in [-0.25, -0.2) is 0 Å². The zero-order valence-electron chi connectivity index (χ0n) is 9.24. The summed E-state index contributed by atoms with van der Waals surface area (Å²) in [6.45, 7) is 8.58. The van der Waals surface area contributed by atoms with Crippen molar-refractivity contribution >= 4 is 5.78 Å². The van der Waals surface area contributed by atoms with Crippen molar-refractivity contribution in [2.24, 2.45) is 0 Å². The minimum Gasteiger partial charge on any atom is -0.305 e. The molecule has 1 aliphatic rings. The predicted molar refractivity (Wildman–Crippen MR) is 54.8 cm³/mol. The number of piperidine rings is 1. The Morgan fingerprint density at radius 2 is 1.54 bits per heavy atom. The molecule has 1 rings (SSSR count). The molecule has 2 atom stereocenters. The zero-order valence-corrected chi connectivity index (χ0v) is 9.24. The van der Waals surface area contributed by atoms with Gasteiger partial charge in [0.25, 0.3) is 0 Å². The molecule has 2 unspecified atom stereocenters. The lowest BCUT2D eigenvalue weighted by Crippen LogP contribution is -2.60. The van der Waals surface area contributed by atoms with Crippen molar-refractivity contribution in [3.63, 3.8) is 0 Å². The van der Waals surface area contributed by atoms with Crippen molar-refractivity contribution in [2.75, 3.05) is 0 Å². The lowest BCUT2D eigenvalue weighted by Gasteiger charge is -2.45. The van der Waals surface area contributed by atoms with Crippen LogP contribution in [0.25, 0.3) is 0 Å². The van der Waals surface area contributed by atoms with E-state index in [0.717, 1.165) is 12.8 Å². The summed E-state index contributed by atoms with van der Waals surface area (Å²) < 4.78 is 0. The highest BCUT2D eigenvalue weighted by molar-refractivity contribution is 5.81. The minimum absolute atomic E-state index is 0.0279. The third-order valence-corrected chi connectivity index (χ3v) is 3.34. The van der Waals surface area contributed by atoms with Crippen LogP contribution in [-0.4, -0.2) is 16.9 Å². The Hall–Kier alpha value is -0.370. The topological polar surface area (TPSA) is 29.1 Å². The number of hydrogen-bond acceptors (Lipinski definition) is 2. The molecule has 1 saturated heterocycles. The first-order valence-corrected chi connectivity index (χ1v) is 5.24. The van der Waals surface area contributed by atoms with Gasteiger partial charge in [0.05, 0.1) is 0 Å². The minimum atomic E-state index is 0.0279. The molecule has 0 saturated carbocycles. The average molecular weight is 183 g/mol. The summed E-state index contributed by atoms with van der Waals surface area (Å²) in [4.78, 5) is 11.6. The van der Waals surface area contributed by atoms with Gasteiger partial charge in [0, 0.05) is 23.9 Å². The Morgan fingerprint density at radius 1 is 1.15 bits per heavy atom. The van der Waals surface area contributed by atoms with Gasteiger partial charge in [-0.3, -0.25) is 4.79 Å². The highest BCUT2D eigenvalue weighted by Crippen LogP contribution is 2.30. The fourth-order valence-electron chi connectivity index (χ4n) is 2.18. The van der Waals surface area contributed by atoms with Crippen molar-refractivity contribution in [1.82, 2.24) is 5.32 Å². The van der Waals surface area contributed by atoms with Crippen LogP contribution in [0, 0.1) is 0 Å². The third kappa shape index (κ3) is 2.31. The van der Waals surface area contributed by atoms with Crippen molar-refractivity contribution in [1.29, 1.82) is 0 Å². The molecule has 0 spiro atoms. The molecule has 0 aromatic carbocycles. The molecule has 2 nitrogen and oxygen atoms in total. The van der Waals surface area contributed by atoms with E-state index in [2.05, 4.69) is 33.0 Å². The van der Waals surface area contributed by atoms with Crippen LogP contribution in [0.1, 0.15) is 53.4 Å². The Labute approximate surface area is 81.1 Å². The highest BCUT2D eigenvalue weighted by Gasteiger charge is 2.40. The molecule has 13 heavy (non-hydrogen) atoms. The number of Topliss-reactive ketones (excluding diaryl/α,β-unsaturated/α-hetero) is 1. The summed E-state index contributed by atoms with van der Waals surface area (Å²) in [6.07, 6.45) is 3.43. The normalized spacial score (nSPS) is 40.8. The van der Waals surface area contributed by atoms with Crippen LogP contribution in [0.5, 0.6) is 0 Å². The van der Waals surface area contributed by atoms with E-state index in [-0.39, 0.29) is 11.1 Å². The van der Waals surface area contributed by atoms with Crippen LogP contribution in [0.4, 0.5) is 0 Å². The van der Waals surface area contributed by atoms with E-state index in [1.165, 1.54) is 0 Å². The largest absolute Gasteiger partial charge is 0.305 e. The van der Waals surface area contributed by atoms with Gasteiger partial charge in [-0.15, -0.1) is 0 Å². The van der Waals surface area contributed by atoms with E-state index in [9.17, 15) is 4.79 Å². The fraction of sp³-hybridized carbons (Fsp3) is 0.909. The second-order valence-corrected chi connectivity index (χ2v) is 4.85. The number of carbonyl (C=O) groups is 1. The molecule has 2 heteroatoms. The van der Waals surface area contributed by atoms with Crippen LogP contribution in [0.3, 0.4) is 0 Å². The van der Waals surface area contributed by atoms with Gasteiger partial charge in [0.15, 0.2) is 0 Å². The molecular weight excluding hydrogens is 162 g/mol. The smallest absolute Gasteiger partial charge is 0.136 e. The summed E-state index contributed by atoms with van der Waals surface area (Å²) in [5.74, 6) is 0.410. The standard InChI is InChI=1S/C11H21NO/c1-5-10(3)7-9(13)8-11(4,6-2)12-10/h12H,5-8H2,1-4H3. The number of nitrogens with one attached hydrogen (secondary N) is 1. The summed E-state index contributed by atoms with van der Waals surface area (Å²) in [5, 5.41) is 3.62. The summed E-state index contributed by atoms with van der Waals surface area (Å²) in [7, 11) is 0. The quantitative estimate of drug-likeness (QED) is 0.711. The van der Waals surface area contributed by atoms with E-state index in [1.54, 1.807) is 0 Å². The summed E-state index contributed by atoms with van der Waals surface area (Å²) in [5.41, 5.74) is 0.0557. The maximum Gasteiger partial charge on any atom is 0.136 e. The Morgan fingerprint density at radius 3 is 1.85 bits per heavy atom. The second kappa shape index (κ2) is 3.41. The van der Waals surface area contributed by atoms with Crippen molar-refractivity contribution in [3.05, 3.63) is 0 Å². The lowest BCUT2D eigenvalue weighted by molar-refractivity contribution is -0.125. The van der Waals surface area contributed by atoms with Gasteiger partial charge < -0.3 is 5.32 Å². The molecule has 0 aliphatic carbocycles. The monoisotopic (exact) mass is 183 g/mol. The van der Waals surface area contributed by atoms with Crippen LogP contribution in [0.15, 0.2) is 0 Å². The number of hydrogen-bond donors (Lipinski definition) is 1. The maximum absolute atomic E-state index is 11.6. The van der Waals surface area contributed by atoms with Crippen LogP contribution in [-0.2, 0) is 4.79 Å². The van der Waals surface area contributed by atoms with Gasteiger partial charge in [-0.1, -0.05) is 13.8 Å². The van der Waals surface area contributed by atoms with Crippen LogP contribution >= 0.6 is 0 Å². The molecule has 1 N–H and O–H groups in total. The van der Waals surface area contributed by atoms with Crippen molar-refractivity contribution in [3.8, 4) is 0 Å². The Bertz CT molecular complexity index is 194. The second-order valence-electron chi connectivity index (χ2n) is 4.85. The molecule has 76 valence electrons. The molecule has 0 aromatic rings. The van der Waals surface area contributed by atoms with Gasteiger partial charge in [0.2, 0.25) is 0 Å². The fourth-order valence-corrected chi connectivity index (χ4v) is 2.18. The van der Waals surface area contributed by atoms with E-state index in [0.29, 0.717) is 18.6 Å². The first-order valence-electron chi connectivity index (χ1n) is 5.24.